The molecule has 7 rings (SSSR count). The van der Waals surface area contributed by atoms with Gasteiger partial charge in [0.05, 0.1) is 29.6 Å². The molecule has 0 spiro atoms. The first-order valence-electron chi connectivity index (χ1n) is 20.1. The molecule has 3 fully saturated rings. The number of hydrogen-bond donors (Lipinski definition) is 1. The van der Waals surface area contributed by atoms with E-state index in [1.165, 1.54) is 11.0 Å². The Morgan fingerprint density at radius 1 is 1.04 bits per heavy atom. The molecule has 4 aromatic rings. The SMILES string of the molecule is CC(C)[Si](C#Cc1cccc2cccc(-c3c(F)cc4c(N5CCN(C(=O)O)C(CC#N)C5)nc(OC[C@@]56CCCN5C[C@H](F)C6)nc4c3F)c12)(C(C)C)C(C)C. The summed E-state index contributed by atoms with van der Waals surface area (Å²) in [6, 6.07) is 13.6. The van der Waals surface area contributed by atoms with Crippen LogP contribution < -0.4 is 9.64 Å². The fraction of sp³-hybridized carbons (Fsp3) is 0.500. The lowest BCUT2D eigenvalue weighted by atomic mass is 9.93. The van der Waals surface area contributed by atoms with Gasteiger partial charge >= 0.3 is 12.1 Å². The smallest absolute Gasteiger partial charge is 0.407 e. The van der Waals surface area contributed by atoms with Crippen molar-refractivity contribution >= 4 is 41.7 Å². The van der Waals surface area contributed by atoms with E-state index >= 15 is 8.78 Å². The Morgan fingerprint density at radius 3 is 2.44 bits per heavy atom. The number of ether oxygens (including phenoxy) is 1. The Morgan fingerprint density at radius 2 is 1.75 bits per heavy atom. The van der Waals surface area contributed by atoms with Crippen LogP contribution in [0.1, 0.15) is 72.8 Å². The number of fused-ring (bicyclic) bond motifs is 3. The number of benzene rings is 3. The maximum absolute atomic E-state index is 17.4. The number of carbonyl (C=O) groups is 1. The normalized spacial score (nSPS) is 21.4. The maximum Gasteiger partial charge on any atom is 0.407 e. The molecule has 1 unspecified atom stereocenters. The highest BCUT2D eigenvalue weighted by Crippen LogP contribution is 2.44. The summed E-state index contributed by atoms with van der Waals surface area (Å²) in [5, 5.41) is 20.9. The van der Waals surface area contributed by atoms with Crippen LogP contribution >= 0.6 is 0 Å². The second-order valence-electron chi connectivity index (χ2n) is 16.9. The van der Waals surface area contributed by atoms with Gasteiger partial charge in [0, 0.05) is 48.9 Å². The maximum atomic E-state index is 17.4. The van der Waals surface area contributed by atoms with Gasteiger partial charge in [-0.2, -0.15) is 15.2 Å². The number of amides is 1. The summed E-state index contributed by atoms with van der Waals surface area (Å²) in [6.07, 6.45) is -0.258. The third-order valence-corrected chi connectivity index (χ3v) is 19.2. The number of alkyl halides is 1. The van der Waals surface area contributed by atoms with Gasteiger partial charge in [0.1, 0.15) is 38.0 Å². The summed E-state index contributed by atoms with van der Waals surface area (Å²) in [5.74, 6) is 1.98. The molecular formula is C44H51F3N6O3Si. The van der Waals surface area contributed by atoms with Crippen molar-refractivity contribution in [3.8, 4) is 34.7 Å². The van der Waals surface area contributed by atoms with E-state index in [0.717, 1.165) is 24.8 Å². The highest BCUT2D eigenvalue weighted by molar-refractivity contribution is 6.90. The van der Waals surface area contributed by atoms with Crippen LogP contribution in [0.2, 0.25) is 16.6 Å². The van der Waals surface area contributed by atoms with Crippen LogP contribution in [-0.4, -0.2) is 96.1 Å². The number of halogens is 3. The van der Waals surface area contributed by atoms with Crippen molar-refractivity contribution in [1.82, 2.24) is 19.8 Å². The van der Waals surface area contributed by atoms with E-state index in [9.17, 15) is 19.6 Å². The van der Waals surface area contributed by atoms with E-state index in [-0.39, 0.29) is 61.0 Å². The molecule has 1 amide bonds. The van der Waals surface area contributed by atoms with Crippen molar-refractivity contribution in [3.05, 3.63) is 59.7 Å². The van der Waals surface area contributed by atoms with Gasteiger partial charge in [-0.05, 0) is 59.1 Å². The van der Waals surface area contributed by atoms with Crippen molar-refractivity contribution in [2.75, 3.05) is 44.2 Å². The van der Waals surface area contributed by atoms with Crippen molar-refractivity contribution in [1.29, 1.82) is 5.26 Å². The zero-order valence-corrected chi connectivity index (χ0v) is 34.6. The monoisotopic (exact) mass is 796 g/mol. The second-order valence-corrected chi connectivity index (χ2v) is 22.5. The minimum absolute atomic E-state index is 0.0523. The summed E-state index contributed by atoms with van der Waals surface area (Å²) in [5.41, 5.74) is 5.04. The second kappa shape index (κ2) is 15.8. The van der Waals surface area contributed by atoms with Crippen LogP contribution in [0, 0.1) is 34.4 Å². The molecule has 57 heavy (non-hydrogen) atoms. The average Bonchev–Trinajstić information content (AvgIpc) is 3.69. The van der Waals surface area contributed by atoms with Gasteiger partial charge in [-0.1, -0.05) is 77.8 Å². The first-order valence-corrected chi connectivity index (χ1v) is 22.3. The lowest BCUT2D eigenvalue weighted by Gasteiger charge is -2.40. The number of carboxylic acid groups (broad SMARTS) is 1. The number of rotatable bonds is 9. The molecule has 1 N–H and O–H groups in total. The van der Waals surface area contributed by atoms with Gasteiger partial charge in [0.15, 0.2) is 5.82 Å². The largest absolute Gasteiger partial charge is 0.465 e. The van der Waals surface area contributed by atoms with Crippen LogP contribution in [0.25, 0.3) is 32.8 Å². The number of nitrogens with zero attached hydrogens (tertiary/aromatic N) is 6. The van der Waals surface area contributed by atoms with Crippen molar-refractivity contribution in [3.63, 3.8) is 0 Å². The molecule has 0 saturated carbocycles. The number of nitriles is 1. The molecule has 0 radical (unpaired) electrons. The van der Waals surface area contributed by atoms with Crippen LogP contribution in [0.15, 0.2) is 42.5 Å². The highest BCUT2D eigenvalue weighted by atomic mass is 28.3. The highest BCUT2D eigenvalue weighted by Gasteiger charge is 2.49. The minimum atomic E-state index is -2.16. The van der Waals surface area contributed by atoms with E-state index in [2.05, 4.69) is 69.0 Å². The fourth-order valence-electron chi connectivity index (χ4n) is 10.2. The van der Waals surface area contributed by atoms with E-state index in [1.807, 2.05) is 24.3 Å². The summed E-state index contributed by atoms with van der Waals surface area (Å²) in [7, 11) is -2.16. The Hall–Kier alpha value is -4.85. The summed E-state index contributed by atoms with van der Waals surface area (Å²) in [4.78, 5) is 26.4. The van der Waals surface area contributed by atoms with Gasteiger partial charge in [-0.25, -0.2) is 18.0 Å². The van der Waals surface area contributed by atoms with Crippen molar-refractivity contribution in [2.24, 2.45) is 0 Å². The van der Waals surface area contributed by atoms with E-state index < -0.39 is 43.6 Å². The van der Waals surface area contributed by atoms with Gasteiger partial charge in [0.25, 0.3) is 0 Å². The molecule has 3 aromatic carbocycles. The third kappa shape index (κ3) is 7.18. The first-order chi connectivity index (χ1) is 27.2. The van der Waals surface area contributed by atoms with Gasteiger partial charge < -0.3 is 19.6 Å². The quantitative estimate of drug-likeness (QED) is 0.132. The van der Waals surface area contributed by atoms with Crippen LogP contribution in [-0.2, 0) is 0 Å². The molecular weight excluding hydrogens is 746 g/mol. The summed E-state index contributed by atoms with van der Waals surface area (Å²) >= 11 is 0. The Bertz CT molecular complexity index is 2280. The Labute approximate surface area is 333 Å². The average molecular weight is 797 g/mol. The fourth-order valence-corrected chi connectivity index (χ4v) is 15.4. The lowest BCUT2D eigenvalue weighted by molar-refractivity contribution is 0.107. The standard InChI is InChI=1S/C44H51F3N6O3Si/c1-27(2)57(28(3)4,29(5)6)21-15-31-11-7-10-30-12-8-13-34(37(30)31)38-36(46)22-35-40(39(38)47)49-42(56-26-44-16-9-18-52(44)24-32(45)23-44)50-41(35)51-19-20-53(43(54)55)33(25-51)14-17-48/h7-8,10-13,22,27-29,32-33H,9,14,16,18-20,23-26H2,1-6H3,(H,54,55)/t32-,33?,44+/m1/s1. The summed E-state index contributed by atoms with van der Waals surface area (Å²) in [6.45, 7) is 14.9. The molecule has 3 saturated heterocycles. The van der Waals surface area contributed by atoms with E-state index in [0.29, 0.717) is 46.1 Å². The molecule has 4 heterocycles. The first kappa shape index (κ1) is 40.3. The predicted octanol–water partition coefficient (Wildman–Crippen LogP) is 9.34. The number of anilines is 1. The van der Waals surface area contributed by atoms with Gasteiger partial charge in [0.2, 0.25) is 0 Å². The lowest BCUT2D eigenvalue weighted by Crippen LogP contribution is -2.55. The van der Waals surface area contributed by atoms with Gasteiger partial charge in [-0.15, -0.1) is 5.54 Å². The molecule has 3 aliphatic rings. The topological polar surface area (TPSA) is 106 Å². The third-order valence-electron chi connectivity index (χ3n) is 12.9. The van der Waals surface area contributed by atoms with Crippen LogP contribution in [0.3, 0.4) is 0 Å². The molecule has 300 valence electrons. The van der Waals surface area contributed by atoms with Crippen LogP contribution in [0.4, 0.5) is 23.8 Å². The molecule has 9 nitrogen and oxygen atoms in total. The zero-order chi connectivity index (χ0) is 40.8. The number of aromatic nitrogens is 2. The molecule has 3 atom stereocenters. The predicted molar refractivity (Wildman–Crippen MR) is 220 cm³/mol. The van der Waals surface area contributed by atoms with Gasteiger partial charge in [-0.3, -0.25) is 4.90 Å². The van der Waals surface area contributed by atoms with Crippen molar-refractivity contribution < 1.29 is 27.8 Å². The molecule has 13 heteroatoms. The summed E-state index contributed by atoms with van der Waals surface area (Å²) < 4.78 is 55.2. The molecule has 1 aromatic heterocycles. The molecule has 0 aliphatic carbocycles. The number of hydrogen-bond acceptors (Lipinski definition) is 7. The van der Waals surface area contributed by atoms with Crippen LogP contribution in [0.5, 0.6) is 6.01 Å². The Kier molecular flexibility index (Phi) is 11.2. The Balaban J connectivity index is 1.39. The van der Waals surface area contributed by atoms with E-state index in [4.69, 9.17) is 9.72 Å². The number of piperazine rings is 1. The van der Waals surface area contributed by atoms with Crippen molar-refractivity contribution in [2.45, 2.75) is 102 Å². The minimum Gasteiger partial charge on any atom is -0.465 e. The zero-order valence-electron chi connectivity index (χ0n) is 33.6. The molecule has 0 bridgehead atoms. The molecule has 3 aliphatic heterocycles. The van der Waals surface area contributed by atoms with E-state index in [1.54, 1.807) is 17.0 Å².